The Balaban J connectivity index is 0.811. The second-order valence-electron chi connectivity index (χ2n) is 17.3. The number of nitrogens with zero attached hydrogens (tertiary/aromatic N) is 5. The third kappa shape index (κ3) is 6.96. The van der Waals surface area contributed by atoms with Crippen LogP contribution in [0.2, 0.25) is 5.02 Å². The largest absolute Gasteiger partial charge is 0.489 e. The van der Waals surface area contributed by atoms with E-state index in [4.69, 9.17) is 16.3 Å². The Morgan fingerprint density at radius 2 is 1.45 bits per heavy atom. The normalized spacial score (nSPS) is 24.5. The molecule has 1 aliphatic carbocycles. The summed E-state index contributed by atoms with van der Waals surface area (Å²) < 4.78 is 6.38. The number of hydrogen-bond donors (Lipinski definition) is 2. The summed E-state index contributed by atoms with van der Waals surface area (Å²) in [6, 6.07) is 19.7. The van der Waals surface area contributed by atoms with Gasteiger partial charge in [-0.3, -0.25) is 39.1 Å². The van der Waals surface area contributed by atoms with Crippen molar-refractivity contribution in [3.8, 4) is 11.8 Å². The third-order valence-electron chi connectivity index (χ3n) is 13.0. The molecule has 4 fully saturated rings. The fourth-order valence-electron chi connectivity index (χ4n) is 10.1. The molecule has 3 aromatic rings. The highest BCUT2D eigenvalue weighted by Gasteiger charge is 2.64. The number of imide groups is 2. The quantitative estimate of drug-likeness (QED) is 0.297. The molecule has 302 valence electrons. The second-order valence-corrected chi connectivity index (χ2v) is 17.7. The van der Waals surface area contributed by atoms with Gasteiger partial charge in [-0.1, -0.05) is 39.3 Å². The van der Waals surface area contributed by atoms with Gasteiger partial charge in [0.05, 0.1) is 21.7 Å². The predicted molar refractivity (Wildman–Crippen MR) is 218 cm³/mol. The van der Waals surface area contributed by atoms with Gasteiger partial charge in [-0.2, -0.15) is 5.26 Å². The van der Waals surface area contributed by atoms with Gasteiger partial charge in [0.2, 0.25) is 11.8 Å². The maximum Gasteiger partial charge on any atom is 0.262 e. The van der Waals surface area contributed by atoms with Crippen LogP contribution in [0.4, 0.5) is 11.4 Å². The molecule has 13 nitrogen and oxygen atoms in total. The first-order chi connectivity index (χ1) is 27.7. The van der Waals surface area contributed by atoms with E-state index in [1.807, 2.05) is 30.3 Å². The van der Waals surface area contributed by atoms with E-state index in [2.05, 4.69) is 59.1 Å². The summed E-state index contributed by atoms with van der Waals surface area (Å²) >= 11 is 6.25. The van der Waals surface area contributed by atoms with Crippen molar-refractivity contribution in [3.05, 3.63) is 87.9 Å². The van der Waals surface area contributed by atoms with Gasteiger partial charge in [-0.15, -0.1) is 0 Å². The van der Waals surface area contributed by atoms with E-state index in [0.717, 1.165) is 68.4 Å². The number of halogens is 1. The maximum absolute atomic E-state index is 13.5. The van der Waals surface area contributed by atoms with E-state index < -0.39 is 29.7 Å². The fourth-order valence-corrected chi connectivity index (χ4v) is 10.3. The number of piperazine rings is 1. The highest BCUT2D eigenvalue weighted by molar-refractivity contribution is 6.31. The van der Waals surface area contributed by atoms with Crippen molar-refractivity contribution in [3.63, 3.8) is 0 Å². The molecule has 3 saturated heterocycles. The summed E-state index contributed by atoms with van der Waals surface area (Å²) in [4.78, 5) is 72.3. The average molecular weight is 806 g/mol. The van der Waals surface area contributed by atoms with E-state index in [0.29, 0.717) is 33.5 Å². The fraction of sp³-hybridized carbons (Fsp3) is 0.455. The molecule has 58 heavy (non-hydrogen) atoms. The molecular weight excluding hydrogens is 758 g/mol. The molecule has 14 heteroatoms. The number of hydrogen-bond acceptors (Lipinski definition) is 10. The SMILES string of the molecule is CC1(C)C(NC(=O)c2ccc(N3CCC(N4CCN(c5ccc6c(c5)C(=O)N(C5CCC(=O)NC5=O)C6=O)CC4)CC3)cc2)C(C)(C)C1Oc1ccc(C#N)c(Cl)c1. The molecule has 3 aromatic carbocycles. The molecule has 8 rings (SSSR count). The van der Waals surface area contributed by atoms with Crippen molar-refractivity contribution in [2.75, 3.05) is 49.1 Å². The first-order valence-corrected chi connectivity index (χ1v) is 20.4. The van der Waals surface area contributed by atoms with E-state index in [1.54, 1.807) is 30.3 Å². The number of benzene rings is 3. The topological polar surface area (TPSA) is 155 Å². The van der Waals surface area contributed by atoms with E-state index in [1.165, 1.54) is 0 Å². The lowest BCUT2D eigenvalue weighted by molar-refractivity contribution is -0.164. The van der Waals surface area contributed by atoms with Crippen molar-refractivity contribution < 1.29 is 28.7 Å². The third-order valence-corrected chi connectivity index (χ3v) is 13.3. The summed E-state index contributed by atoms with van der Waals surface area (Å²) in [6.45, 7) is 13.5. The standard InChI is InChI=1S/C44H48ClN7O6/c1-43(2)41(44(3,4)42(43)58-31-11-7-27(25-46)34(45)24-31)48-37(54)26-5-8-28(9-6-26)49-17-15-29(16-18-49)50-19-21-51(22-20-50)30-10-12-32-33(23-30)40(57)52(39(32)56)35-13-14-36(53)47-38(35)55/h5-12,23-24,29,35,41-42H,13-22H2,1-4H3,(H,48,54)(H,47,53,55). The molecule has 1 saturated carbocycles. The number of nitrogens with one attached hydrogen (secondary N) is 2. The molecular formula is C44H48ClN7O6. The van der Waals surface area contributed by atoms with Gasteiger partial charge >= 0.3 is 0 Å². The first kappa shape index (κ1) is 39.4. The van der Waals surface area contributed by atoms with Gasteiger partial charge in [-0.25, -0.2) is 0 Å². The van der Waals surface area contributed by atoms with E-state index in [9.17, 15) is 29.2 Å². The number of ether oxygens (including phenoxy) is 1. The Morgan fingerprint density at radius 1 is 0.810 bits per heavy atom. The van der Waals surface area contributed by atoms with Gasteiger partial charge in [0.1, 0.15) is 24.0 Å². The molecule has 1 unspecified atom stereocenters. The van der Waals surface area contributed by atoms with Crippen molar-refractivity contribution >= 4 is 52.5 Å². The van der Waals surface area contributed by atoms with Gasteiger partial charge in [-0.05, 0) is 73.9 Å². The molecule has 4 heterocycles. The molecule has 2 N–H and O–H groups in total. The summed E-state index contributed by atoms with van der Waals surface area (Å²) in [5, 5.41) is 15.1. The zero-order chi connectivity index (χ0) is 41.1. The number of piperidine rings is 2. The zero-order valence-electron chi connectivity index (χ0n) is 33.2. The number of carbonyl (C=O) groups is 5. The Kier molecular flexibility index (Phi) is 10.2. The summed E-state index contributed by atoms with van der Waals surface area (Å²) in [6.07, 6.45) is 2.08. The maximum atomic E-state index is 13.5. The smallest absolute Gasteiger partial charge is 0.262 e. The van der Waals surface area contributed by atoms with E-state index >= 15 is 0 Å². The first-order valence-electron chi connectivity index (χ1n) is 20.0. The predicted octanol–water partition coefficient (Wildman–Crippen LogP) is 5.02. The van der Waals surface area contributed by atoms with Crippen LogP contribution in [-0.4, -0.2) is 103 Å². The van der Waals surface area contributed by atoms with Crippen LogP contribution in [0.1, 0.15) is 90.0 Å². The Morgan fingerprint density at radius 3 is 2.09 bits per heavy atom. The van der Waals surface area contributed by atoms with Crippen LogP contribution in [0.25, 0.3) is 0 Å². The van der Waals surface area contributed by atoms with Crippen LogP contribution in [0, 0.1) is 22.2 Å². The Hall–Kier alpha value is -5.45. The zero-order valence-corrected chi connectivity index (χ0v) is 34.0. The van der Waals surface area contributed by atoms with Crippen molar-refractivity contribution in [1.29, 1.82) is 5.26 Å². The monoisotopic (exact) mass is 805 g/mol. The number of carbonyl (C=O) groups excluding carboxylic acids is 5. The Bertz CT molecular complexity index is 2200. The highest BCUT2D eigenvalue weighted by atomic mass is 35.5. The van der Waals surface area contributed by atoms with Crippen LogP contribution >= 0.6 is 11.6 Å². The van der Waals surface area contributed by atoms with E-state index in [-0.39, 0.29) is 47.3 Å². The minimum absolute atomic E-state index is 0.0872. The molecule has 0 aromatic heterocycles. The number of nitriles is 1. The lowest BCUT2D eigenvalue weighted by Gasteiger charge is -2.63. The van der Waals surface area contributed by atoms with Gasteiger partial charge in [0, 0.05) is 91.6 Å². The number of rotatable bonds is 8. The highest BCUT2D eigenvalue weighted by Crippen LogP contribution is 2.55. The minimum Gasteiger partial charge on any atom is -0.489 e. The van der Waals surface area contributed by atoms with Gasteiger partial charge < -0.3 is 19.9 Å². The lowest BCUT2D eigenvalue weighted by Crippen LogP contribution is -2.74. The summed E-state index contributed by atoms with van der Waals surface area (Å²) in [7, 11) is 0. The Labute approximate surface area is 343 Å². The molecule has 1 atom stereocenters. The van der Waals surface area contributed by atoms with Crippen LogP contribution in [0.5, 0.6) is 5.75 Å². The number of fused-ring (bicyclic) bond motifs is 1. The van der Waals surface area contributed by atoms with Crippen LogP contribution in [-0.2, 0) is 9.59 Å². The van der Waals surface area contributed by atoms with Crippen LogP contribution in [0.3, 0.4) is 0 Å². The molecule has 5 amide bonds. The number of anilines is 2. The van der Waals surface area contributed by atoms with Crippen LogP contribution in [0.15, 0.2) is 60.7 Å². The molecule has 0 spiro atoms. The minimum atomic E-state index is -0.979. The van der Waals surface area contributed by atoms with Crippen molar-refractivity contribution in [2.24, 2.45) is 10.8 Å². The molecule has 0 radical (unpaired) electrons. The molecule has 0 bridgehead atoms. The summed E-state index contributed by atoms with van der Waals surface area (Å²) in [5.74, 6) is -1.52. The van der Waals surface area contributed by atoms with Gasteiger partial charge in [0.15, 0.2) is 0 Å². The second kappa shape index (κ2) is 15.1. The molecule has 4 aliphatic heterocycles. The number of amides is 5. The molecule has 5 aliphatic rings. The van der Waals surface area contributed by atoms with Crippen LogP contribution < -0.4 is 25.2 Å². The lowest BCUT2D eigenvalue weighted by atomic mass is 9.49. The van der Waals surface area contributed by atoms with Crippen molar-refractivity contribution in [2.45, 2.75) is 77.6 Å². The summed E-state index contributed by atoms with van der Waals surface area (Å²) in [5.41, 5.74) is 2.85. The van der Waals surface area contributed by atoms with Crippen molar-refractivity contribution in [1.82, 2.24) is 20.4 Å². The van der Waals surface area contributed by atoms with Gasteiger partial charge in [0.25, 0.3) is 17.7 Å². The average Bonchev–Trinajstić information content (AvgIpc) is 3.46.